The van der Waals surface area contributed by atoms with Gasteiger partial charge in [0.05, 0.1) is 17.1 Å². The van der Waals surface area contributed by atoms with Crippen LogP contribution in [0, 0.1) is 0 Å². The number of hydrogen-bond acceptors (Lipinski definition) is 4. The largest absolute Gasteiger partial charge is 0.373 e. The molecule has 2 aromatic carbocycles. The van der Waals surface area contributed by atoms with E-state index in [9.17, 15) is 13.2 Å². The molecule has 27 heavy (non-hydrogen) atoms. The highest BCUT2D eigenvalue weighted by molar-refractivity contribution is 7.89. The van der Waals surface area contributed by atoms with Gasteiger partial charge in [0.15, 0.2) is 0 Å². The van der Waals surface area contributed by atoms with Crippen LogP contribution in [0.2, 0.25) is 5.02 Å². The Morgan fingerprint density at radius 3 is 2.37 bits per heavy atom. The van der Waals surface area contributed by atoms with E-state index in [4.69, 9.17) is 16.3 Å². The molecular formula is C19H21ClN2O4S. The summed E-state index contributed by atoms with van der Waals surface area (Å²) in [4.78, 5) is 12.6. The van der Waals surface area contributed by atoms with Gasteiger partial charge in [-0.2, -0.15) is 4.31 Å². The molecule has 6 nitrogen and oxygen atoms in total. The maximum Gasteiger partial charge on any atom is 0.255 e. The van der Waals surface area contributed by atoms with Gasteiger partial charge in [-0.15, -0.1) is 0 Å². The third-order valence-electron chi connectivity index (χ3n) is 4.22. The van der Waals surface area contributed by atoms with Crippen LogP contribution in [0.25, 0.3) is 0 Å². The van der Waals surface area contributed by atoms with Crippen molar-refractivity contribution >= 4 is 33.2 Å². The van der Waals surface area contributed by atoms with Crippen molar-refractivity contribution in [2.24, 2.45) is 0 Å². The van der Waals surface area contributed by atoms with Gasteiger partial charge in [0.1, 0.15) is 0 Å². The van der Waals surface area contributed by atoms with Crippen LogP contribution in [0.5, 0.6) is 0 Å². The van der Waals surface area contributed by atoms with Crippen molar-refractivity contribution in [2.45, 2.75) is 31.0 Å². The molecule has 8 heteroatoms. The number of carbonyl (C=O) groups excluding carboxylic acids is 1. The molecule has 1 amide bonds. The third kappa shape index (κ3) is 4.68. The number of amides is 1. The van der Waals surface area contributed by atoms with Gasteiger partial charge in [-0.25, -0.2) is 8.42 Å². The zero-order chi connectivity index (χ0) is 19.6. The molecule has 3 rings (SSSR count). The third-order valence-corrected chi connectivity index (χ3v) is 6.30. The lowest BCUT2D eigenvalue weighted by Crippen LogP contribution is -2.48. The van der Waals surface area contributed by atoms with Gasteiger partial charge in [-0.1, -0.05) is 17.7 Å². The molecule has 0 aliphatic carbocycles. The molecule has 0 radical (unpaired) electrons. The van der Waals surface area contributed by atoms with Crippen LogP contribution in [0.15, 0.2) is 53.4 Å². The molecule has 0 saturated carbocycles. The van der Waals surface area contributed by atoms with Crippen LogP contribution >= 0.6 is 11.6 Å². The smallest absolute Gasteiger partial charge is 0.255 e. The predicted molar refractivity (Wildman–Crippen MR) is 105 cm³/mol. The molecule has 1 fully saturated rings. The Labute approximate surface area is 164 Å². The summed E-state index contributed by atoms with van der Waals surface area (Å²) in [6.07, 6.45) is -0.361. The second kappa shape index (κ2) is 7.98. The predicted octanol–water partition coefficient (Wildman–Crippen LogP) is 3.39. The zero-order valence-electron chi connectivity index (χ0n) is 15.1. The monoisotopic (exact) mass is 408 g/mol. The Kier molecular flexibility index (Phi) is 5.86. The van der Waals surface area contributed by atoms with Crippen LogP contribution in [-0.4, -0.2) is 43.9 Å². The van der Waals surface area contributed by atoms with Gasteiger partial charge in [0, 0.05) is 29.4 Å². The number of anilines is 1. The number of nitrogens with zero attached hydrogens (tertiary/aromatic N) is 1. The Morgan fingerprint density at radius 2 is 1.74 bits per heavy atom. The second-order valence-corrected chi connectivity index (χ2v) is 8.94. The van der Waals surface area contributed by atoms with Gasteiger partial charge in [0.25, 0.3) is 5.91 Å². The number of nitrogens with one attached hydrogen (secondary N) is 1. The molecule has 1 aliphatic heterocycles. The van der Waals surface area contributed by atoms with Crippen molar-refractivity contribution in [3.05, 3.63) is 59.1 Å². The van der Waals surface area contributed by atoms with Crippen LogP contribution in [-0.2, 0) is 14.8 Å². The molecule has 1 N–H and O–H groups in total. The minimum Gasteiger partial charge on any atom is -0.373 e. The first-order chi connectivity index (χ1) is 12.8. The van der Waals surface area contributed by atoms with E-state index in [1.807, 2.05) is 13.8 Å². The van der Waals surface area contributed by atoms with Gasteiger partial charge in [-0.3, -0.25) is 4.79 Å². The van der Waals surface area contributed by atoms with Gasteiger partial charge in [0.2, 0.25) is 10.0 Å². The summed E-state index contributed by atoms with van der Waals surface area (Å²) < 4.78 is 33.0. The lowest BCUT2D eigenvalue weighted by molar-refractivity contribution is -0.0440. The Balaban J connectivity index is 1.82. The van der Waals surface area contributed by atoms with E-state index >= 15 is 0 Å². The van der Waals surface area contributed by atoms with E-state index in [-0.39, 0.29) is 35.8 Å². The average Bonchev–Trinajstić information content (AvgIpc) is 2.63. The zero-order valence-corrected chi connectivity index (χ0v) is 16.6. The van der Waals surface area contributed by atoms with Crippen LogP contribution in [0.4, 0.5) is 5.69 Å². The lowest BCUT2D eigenvalue weighted by Gasteiger charge is -2.34. The molecule has 0 unspecified atom stereocenters. The van der Waals surface area contributed by atoms with E-state index in [1.165, 1.54) is 16.4 Å². The summed E-state index contributed by atoms with van der Waals surface area (Å²) in [7, 11) is -3.71. The highest BCUT2D eigenvalue weighted by Crippen LogP contribution is 2.22. The molecule has 2 aromatic rings. The molecule has 0 bridgehead atoms. The SMILES string of the molecule is C[C@H]1CN(S(=O)(=O)c2cccc(C(=O)Nc3ccc(Cl)cc3)c2)C[C@H](C)O1. The topological polar surface area (TPSA) is 75.7 Å². The highest BCUT2D eigenvalue weighted by Gasteiger charge is 2.32. The Bertz CT molecular complexity index is 921. The number of halogens is 1. The molecule has 1 aliphatic rings. The van der Waals surface area contributed by atoms with Gasteiger partial charge < -0.3 is 10.1 Å². The first-order valence-electron chi connectivity index (χ1n) is 8.58. The van der Waals surface area contributed by atoms with E-state index in [2.05, 4.69) is 5.32 Å². The standard InChI is InChI=1S/C19H21ClN2O4S/c1-13-11-22(12-14(2)26-13)27(24,25)18-5-3-4-15(10-18)19(23)21-17-8-6-16(20)7-9-17/h3-10,13-14H,11-12H2,1-2H3,(H,21,23)/t13-,14-/m0/s1. The number of morpholine rings is 1. The van der Waals surface area contributed by atoms with E-state index in [0.29, 0.717) is 10.7 Å². The van der Waals surface area contributed by atoms with E-state index in [1.54, 1.807) is 36.4 Å². The van der Waals surface area contributed by atoms with E-state index < -0.39 is 15.9 Å². The average molecular weight is 409 g/mol. The summed E-state index contributed by atoms with van der Waals surface area (Å²) in [5.41, 5.74) is 0.842. The number of benzene rings is 2. The van der Waals surface area contributed by atoms with Crippen LogP contribution < -0.4 is 5.32 Å². The van der Waals surface area contributed by atoms with E-state index in [0.717, 1.165) is 0 Å². The maximum atomic E-state index is 13.0. The molecule has 0 aromatic heterocycles. The number of ether oxygens (including phenoxy) is 1. The van der Waals surface area contributed by atoms with Crippen LogP contribution in [0.1, 0.15) is 24.2 Å². The number of sulfonamides is 1. The number of hydrogen-bond donors (Lipinski definition) is 1. The molecule has 144 valence electrons. The summed E-state index contributed by atoms with van der Waals surface area (Å²) in [6, 6.07) is 12.7. The molecule has 1 heterocycles. The Hall–Kier alpha value is -1.93. The van der Waals surface area contributed by atoms with Crippen LogP contribution in [0.3, 0.4) is 0 Å². The summed E-state index contributed by atoms with van der Waals surface area (Å²) in [6.45, 7) is 4.25. The van der Waals surface area contributed by atoms with Crippen molar-refractivity contribution in [1.82, 2.24) is 4.31 Å². The number of carbonyl (C=O) groups is 1. The molecule has 0 spiro atoms. The van der Waals surface area contributed by atoms with Crippen molar-refractivity contribution in [2.75, 3.05) is 18.4 Å². The quantitative estimate of drug-likeness (QED) is 0.841. The van der Waals surface area contributed by atoms with Crippen molar-refractivity contribution in [3.8, 4) is 0 Å². The van der Waals surface area contributed by atoms with Gasteiger partial charge in [-0.05, 0) is 56.3 Å². The fourth-order valence-corrected chi connectivity index (χ4v) is 4.77. The van der Waals surface area contributed by atoms with Crippen molar-refractivity contribution in [1.29, 1.82) is 0 Å². The fourth-order valence-electron chi connectivity index (χ4n) is 3.01. The normalized spacial score (nSPS) is 21.0. The number of rotatable bonds is 4. The lowest BCUT2D eigenvalue weighted by atomic mass is 10.2. The Morgan fingerprint density at radius 1 is 1.11 bits per heavy atom. The molecule has 2 atom stereocenters. The first-order valence-corrected chi connectivity index (χ1v) is 10.4. The van der Waals surface area contributed by atoms with Crippen molar-refractivity contribution < 1.29 is 17.9 Å². The minimum atomic E-state index is -3.71. The summed E-state index contributed by atoms with van der Waals surface area (Å²) >= 11 is 5.84. The molecule has 1 saturated heterocycles. The minimum absolute atomic E-state index is 0.0903. The summed E-state index contributed by atoms with van der Waals surface area (Å²) in [5.74, 6) is -0.391. The maximum absolute atomic E-state index is 13.0. The highest BCUT2D eigenvalue weighted by atomic mass is 35.5. The van der Waals surface area contributed by atoms with Crippen molar-refractivity contribution in [3.63, 3.8) is 0 Å². The second-order valence-electron chi connectivity index (χ2n) is 6.57. The van der Waals surface area contributed by atoms with Gasteiger partial charge >= 0.3 is 0 Å². The summed E-state index contributed by atoms with van der Waals surface area (Å²) in [5, 5.41) is 3.30. The molecular weight excluding hydrogens is 388 g/mol. The first kappa shape index (κ1) is 19.8. The fraction of sp³-hybridized carbons (Fsp3) is 0.316.